The van der Waals surface area contributed by atoms with Gasteiger partial charge in [-0.15, -0.1) is 0 Å². The van der Waals surface area contributed by atoms with Crippen molar-refractivity contribution in [1.82, 2.24) is 14.9 Å². The molecule has 0 bridgehead atoms. The maximum absolute atomic E-state index is 12.8. The highest BCUT2D eigenvalue weighted by Gasteiger charge is 2.15. The molecule has 3 rings (SSSR count). The van der Waals surface area contributed by atoms with Gasteiger partial charge in [0.05, 0.1) is 20.3 Å². The standard InChI is InChI=1S/C12H11N3OS/c16-17(9-11-6-7-13-15-11)12-4-2-1-3-10(12)5-8-14-17/h1-9H,(H,13,15)(H,14,16). The SMILES string of the molecule is O=S1(=Cc2ccn[nH]2)NC=Cc2ccccc21. The van der Waals surface area contributed by atoms with E-state index in [1.54, 1.807) is 23.8 Å². The molecule has 0 radical (unpaired) electrons. The van der Waals surface area contributed by atoms with Gasteiger partial charge in [0.25, 0.3) is 0 Å². The Labute approximate surface area is 99.5 Å². The van der Waals surface area contributed by atoms with Crippen LogP contribution in [0.1, 0.15) is 11.3 Å². The van der Waals surface area contributed by atoms with Gasteiger partial charge in [-0.25, -0.2) is 4.21 Å². The maximum Gasteiger partial charge on any atom is 0.0829 e. The van der Waals surface area contributed by atoms with Gasteiger partial charge >= 0.3 is 0 Å². The van der Waals surface area contributed by atoms with Gasteiger partial charge in [0.15, 0.2) is 0 Å². The number of nitrogens with one attached hydrogen (secondary N) is 2. The molecule has 1 aromatic heterocycles. The highest BCUT2D eigenvalue weighted by Crippen LogP contribution is 2.21. The lowest BCUT2D eigenvalue weighted by molar-refractivity contribution is 0.676. The number of benzene rings is 1. The topological polar surface area (TPSA) is 57.8 Å². The van der Waals surface area contributed by atoms with E-state index < -0.39 is 9.71 Å². The molecule has 0 fully saturated rings. The average molecular weight is 245 g/mol. The largest absolute Gasteiger partial charge is 0.315 e. The Morgan fingerprint density at radius 1 is 1.24 bits per heavy atom. The minimum Gasteiger partial charge on any atom is -0.315 e. The molecule has 2 N–H and O–H groups in total. The van der Waals surface area contributed by atoms with Crippen LogP contribution in [0.3, 0.4) is 0 Å². The third-order valence-electron chi connectivity index (χ3n) is 2.57. The molecule has 1 atom stereocenters. The van der Waals surface area contributed by atoms with E-state index in [0.29, 0.717) is 0 Å². The summed E-state index contributed by atoms with van der Waals surface area (Å²) in [4.78, 5) is 0.803. The van der Waals surface area contributed by atoms with Crippen LogP contribution in [0.25, 0.3) is 6.08 Å². The van der Waals surface area contributed by atoms with Crippen LogP contribution in [0, 0.1) is 0 Å². The number of aromatic amines is 1. The predicted octanol–water partition coefficient (Wildman–Crippen LogP) is 1.39. The Kier molecular flexibility index (Phi) is 2.26. The fourth-order valence-electron chi connectivity index (χ4n) is 1.79. The Balaban J connectivity index is 2.23. The Hall–Kier alpha value is -2.01. The summed E-state index contributed by atoms with van der Waals surface area (Å²) < 4.78 is 15.8. The Morgan fingerprint density at radius 3 is 2.94 bits per heavy atom. The average Bonchev–Trinajstić information content (AvgIpc) is 2.82. The second kappa shape index (κ2) is 3.78. The smallest absolute Gasteiger partial charge is 0.0829 e. The number of nitrogens with zero attached hydrogens (tertiary/aromatic N) is 1. The molecule has 1 unspecified atom stereocenters. The van der Waals surface area contributed by atoms with Crippen LogP contribution in [0.2, 0.25) is 0 Å². The summed E-state index contributed by atoms with van der Waals surface area (Å²) in [5, 5.41) is 8.32. The van der Waals surface area contributed by atoms with Crippen molar-refractivity contribution in [1.29, 1.82) is 0 Å². The molecule has 0 spiro atoms. The number of hydrogen-bond acceptors (Lipinski definition) is 2. The summed E-state index contributed by atoms with van der Waals surface area (Å²) in [6, 6.07) is 9.44. The number of rotatable bonds is 1. The second-order valence-corrected chi connectivity index (χ2v) is 5.83. The first-order valence-electron chi connectivity index (χ1n) is 5.19. The fourth-order valence-corrected chi connectivity index (χ4v) is 3.64. The van der Waals surface area contributed by atoms with Crippen molar-refractivity contribution >= 4 is 21.2 Å². The molecule has 0 saturated carbocycles. The fraction of sp³-hybridized carbons (Fsp3) is 0. The van der Waals surface area contributed by atoms with Gasteiger partial charge in [-0.2, -0.15) is 5.10 Å². The van der Waals surface area contributed by atoms with Crippen LogP contribution in [0.5, 0.6) is 0 Å². The molecule has 1 aliphatic heterocycles. The van der Waals surface area contributed by atoms with E-state index in [9.17, 15) is 4.21 Å². The van der Waals surface area contributed by atoms with Crippen molar-refractivity contribution in [2.75, 3.05) is 0 Å². The van der Waals surface area contributed by atoms with Crippen molar-refractivity contribution < 1.29 is 4.21 Å². The van der Waals surface area contributed by atoms with E-state index in [1.807, 2.05) is 30.3 Å². The monoisotopic (exact) mass is 245 g/mol. The van der Waals surface area contributed by atoms with Crippen molar-refractivity contribution in [3.8, 4) is 0 Å². The van der Waals surface area contributed by atoms with Crippen LogP contribution < -0.4 is 4.72 Å². The molecule has 0 aliphatic carbocycles. The summed E-state index contributed by atoms with van der Waals surface area (Å²) in [5.74, 6) is 0. The summed E-state index contributed by atoms with van der Waals surface area (Å²) >= 11 is 0. The Morgan fingerprint density at radius 2 is 2.12 bits per heavy atom. The van der Waals surface area contributed by atoms with Gasteiger partial charge in [0.1, 0.15) is 0 Å². The van der Waals surface area contributed by atoms with Gasteiger partial charge in [0, 0.05) is 17.8 Å². The quantitative estimate of drug-likeness (QED) is 0.746. The van der Waals surface area contributed by atoms with Crippen LogP contribution in [-0.4, -0.2) is 19.8 Å². The van der Waals surface area contributed by atoms with E-state index in [0.717, 1.165) is 16.2 Å². The summed E-state index contributed by atoms with van der Waals surface area (Å²) in [6.07, 6.45) is 5.27. The first-order valence-corrected chi connectivity index (χ1v) is 6.81. The van der Waals surface area contributed by atoms with E-state index >= 15 is 0 Å². The van der Waals surface area contributed by atoms with Gasteiger partial charge in [-0.3, -0.25) is 5.10 Å². The number of fused-ring (bicyclic) bond motifs is 1. The molecule has 4 nitrogen and oxygen atoms in total. The third-order valence-corrected chi connectivity index (χ3v) is 4.66. The van der Waals surface area contributed by atoms with Crippen LogP contribution >= 0.6 is 0 Å². The first kappa shape index (κ1) is 10.2. The zero-order valence-corrected chi connectivity index (χ0v) is 9.78. The number of H-pyrrole nitrogens is 1. The van der Waals surface area contributed by atoms with Crippen molar-refractivity contribution in [2.45, 2.75) is 4.90 Å². The highest BCUT2D eigenvalue weighted by atomic mass is 32.2. The van der Waals surface area contributed by atoms with Gasteiger partial charge in [-0.1, -0.05) is 18.2 Å². The molecule has 17 heavy (non-hydrogen) atoms. The highest BCUT2D eigenvalue weighted by molar-refractivity contribution is 8.00. The molecule has 1 aromatic carbocycles. The Bertz CT molecular complexity index is 680. The number of aromatic nitrogens is 2. The molecular formula is C12H11N3OS. The van der Waals surface area contributed by atoms with Crippen LogP contribution in [-0.2, 0) is 9.71 Å². The molecular weight excluding hydrogens is 234 g/mol. The van der Waals surface area contributed by atoms with Crippen molar-refractivity contribution in [3.63, 3.8) is 0 Å². The molecule has 0 amide bonds. The zero-order valence-electron chi connectivity index (χ0n) is 8.96. The van der Waals surface area contributed by atoms with Gasteiger partial charge in [0.2, 0.25) is 0 Å². The molecule has 0 saturated heterocycles. The van der Waals surface area contributed by atoms with E-state index in [1.165, 1.54) is 0 Å². The summed E-state index contributed by atoms with van der Waals surface area (Å²) in [6.45, 7) is 0. The van der Waals surface area contributed by atoms with E-state index in [4.69, 9.17) is 0 Å². The van der Waals surface area contributed by atoms with E-state index in [2.05, 4.69) is 14.9 Å². The lowest BCUT2D eigenvalue weighted by atomic mass is 10.2. The zero-order chi connectivity index (χ0) is 11.7. The summed E-state index contributed by atoms with van der Waals surface area (Å²) in [5.41, 5.74) is 1.72. The number of hydrogen-bond donors (Lipinski definition) is 2. The molecule has 2 heterocycles. The van der Waals surface area contributed by atoms with Gasteiger partial charge < -0.3 is 4.72 Å². The van der Waals surface area contributed by atoms with Crippen LogP contribution in [0.4, 0.5) is 0 Å². The predicted molar refractivity (Wildman–Crippen MR) is 68.8 cm³/mol. The van der Waals surface area contributed by atoms with Gasteiger partial charge in [-0.05, 0) is 23.8 Å². The maximum atomic E-state index is 12.8. The van der Waals surface area contributed by atoms with E-state index in [-0.39, 0.29) is 0 Å². The minimum atomic E-state index is -2.41. The second-order valence-electron chi connectivity index (χ2n) is 3.72. The molecule has 86 valence electrons. The lowest BCUT2D eigenvalue weighted by Gasteiger charge is -2.18. The van der Waals surface area contributed by atoms with Crippen molar-refractivity contribution in [2.24, 2.45) is 0 Å². The first-order chi connectivity index (χ1) is 8.28. The molecule has 2 aromatic rings. The molecule has 1 aliphatic rings. The van der Waals surface area contributed by atoms with Crippen molar-refractivity contribution in [3.05, 3.63) is 54.0 Å². The third kappa shape index (κ3) is 1.74. The minimum absolute atomic E-state index is 0.743. The molecule has 5 heteroatoms. The van der Waals surface area contributed by atoms with Crippen LogP contribution in [0.15, 0.2) is 47.6 Å². The lowest BCUT2D eigenvalue weighted by Crippen LogP contribution is -2.24. The summed E-state index contributed by atoms with van der Waals surface area (Å²) in [7, 11) is -2.41. The normalized spacial score (nSPS) is 21.6.